The highest BCUT2D eigenvalue weighted by Gasteiger charge is 2.22. The van der Waals surface area contributed by atoms with Crippen molar-refractivity contribution in [2.45, 2.75) is 17.1 Å². The van der Waals surface area contributed by atoms with Gasteiger partial charge < -0.3 is 0 Å². The van der Waals surface area contributed by atoms with Crippen LogP contribution < -0.4 is 0 Å². The van der Waals surface area contributed by atoms with E-state index in [1.165, 1.54) is 11.3 Å². The van der Waals surface area contributed by atoms with Crippen LogP contribution in [0, 0.1) is 0 Å². The predicted octanol–water partition coefficient (Wildman–Crippen LogP) is 4.49. The summed E-state index contributed by atoms with van der Waals surface area (Å²) in [6, 6.07) is 3.85. The van der Waals surface area contributed by atoms with Gasteiger partial charge in [0.15, 0.2) is 0 Å². The van der Waals surface area contributed by atoms with Gasteiger partial charge in [0.25, 0.3) is 6.43 Å². The molecule has 0 atom stereocenters. The minimum absolute atomic E-state index is 0.145. The highest BCUT2D eigenvalue weighted by Crippen LogP contribution is 2.37. The molecule has 1 aliphatic rings. The van der Waals surface area contributed by atoms with E-state index in [1.807, 2.05) is 18.4 Å². The maximum Gasteiger partial charge on any atom is 0.278 e. The van der Waals surface area contributed by atoms with Gasteiger partial charge in [-0.25, -0.2) is 8.78 Å². The van der Waals surface area contributed by atoms with Crippen molar-refractivity contribution in [3.8, 4) is 0 Å². The molecule has 0 spiro atoms. The Morgan fingerprint density at radius 3 is 2.83 bits per heavy atom. The largest absolute Gasteiger partial charge is 0.278 e. The van der Waals surface area contributed by atoms with Gasteiger partial charge in [-0.2, -0.15) is 10.2 Å². The molecule has 0 aromatic carbocycles. The van der Waals surface area contributed by atoms with E-state index >= 15 is 0 Å². The van der Waals surface area contributed by atoms with Gasteiger partial charge in [-0.1, -0.05) is 18.3 Å². The Labute approximate surface area is 116 Å². The average Bonchev–Trinajstić information content (AvgIpc) is 2.96. The highest BCUT2D eigenvalue weighted by atomic mass is 32.2. The molecule has 2 nitrogen and oxygen atoms in total. The Hall–Kier alpha value is -0.660. The van der Waals surface area contributed by atoms with Crippen LogP contribution in [0.4, 0.5) is 8.78 Å². The molecule has 0 radical (unpaired) electrons. The number of hydrogen-bond donors (Lipinski definition) is 0. The zero-order chi connectivity index (χ0) is 13.1. The minimum Gasteiger partial charge on any atom is -0.204 e. The summed E-state index contributed by atoms with van der Waals surface area (Å²) >= 11 is 4.69. The molecule has 2 heterocycles. The third-order valence-corrected chi connectivity index (χ3v) is 5.41. The smallest absolute Gasteiger partial charge is 0.204 e. The first kappa shape index (κ1) is 13.8. The molecule has 0 aliphatic carbocycles. The van der Waals surface area contributed by atoms with Gasteiger partial charge in [-0.3, -0.25) is 0 Å². The summed E-state index contributed by atoms with van der Waals surface area (Å²) in [5.41, 5.74) is 0.470. The fourth-order valence-corrected chi connectivity index (χ4v) is 3.89. The van der Waals surface area contributed by atoms with E-state index in [0.29, 0.717) is 5.71 Å². The lowest BCUT2D eigenvalue weighted by molar-refractivity contribution is 0.224. The molecule has 0 bridgehead atoms. The van der Waals surface area contributed by atoms with Crippen molar-refractivity contribution in [2.24, 2.45) is 10.2 Å². The summed E-state index contributed by atoms with van der Waals surface area (Å²) in [7, 11) is 0. The molecule has 1 aliphatic heterocycles. The van der Waals surface area contributed by atoms with E-state index in [2.05, 4.69) is 16.8 Å². The Balaban J connectivity index is 2.02. The number of hydrogen-bond acceptors (Lipinski definition) is 5. The van der Waals surface area contributed by atoms with Crippen LogP contribution in [0.25, 0.3) is 0 Å². The van der Waals surface area contributed by atoms with Crippen LogP contribution in [0.3, 0.4) is 0 Å². The van der Waals surface area contributed by atoms with Crippen LogP contribution in [0.1, 0.15) is 11.3 Å². The summed E-state index contributed by atoms with van der Waals surface area (Å²) in [6.45, 7) is 3.89. The lowest BCUT2D eigenvalue weighted by Gasteiger charge is -1.98. The van der Waals surface area contributed by atoms with Crippen LogP contribution in [-0.2, 0) is 0 Å². The van der Waals surface area contributed by atoms with Crippen molar-refractivity contribution in [3.63, 3.8) is 0 Å². The number of alkyl halides is 2. The maximum atomic E-state index is 12.4. The number of rotatable bonds is 5. The second kappa shape index (κ2) is 5.99. The fourth-order valence-electron chi connectivity index (χ4n) is 1.31. The quantitative estimate of drug-likeness (QED) is 0.749. The molecule has 96 valence electrons. The van der Waals surface area contributed by atoms with E-state index in [9.17, 15) is 8.78 Å². The molecule has 0 fully saturated rings. The molecule has 18 heavy (non-hydrogen) atoms. The minimum atomic E-state index is -2.52. The van der Waals surface area contributed by atoms with Crippen LogP contribution in [0.2, 0.25) is 0 Å². The molecular formula is C11H10F2N2S3. The number of halogens is 2. The van der Waals surface area contributed by atoms with Crippen molar-refractivity contribution in [1.82, 2.24) is 0 Å². The summed E-state index contributed by atoms with van der Waals surface area (Å²) in [5.74, 6) is 0. The number of thiophene rings is 1. The van der Waals surface area contributed by atoms with Crippen molar-refractivity contribution in [1.29, 1.82) is 0 Å². The van der Waals surface area contributed by atoms with E-state index < -0.39 is 6.43 Å². The zero-order valence-electron chi connectivity index (χ0n) is 9.52. The summed E-state index contributed by atoms with van der Waals surface area (Å²) < 4.78 is 26.9. The second-order valence-electron chi connectivity index (χ2n) is 3.41. The van der Waals surface area contributed by atoms with E-state index in [-0.39, 0.29) is 12.1 Å². The van der Waals surface area contributed by atoms with Crippen molar-refractivity contribution < 1.29 is 8.78 Å². The Morgan fingerprint density at radius 1 is 1.44 bits per heavy atom. The first-order valence-electron chi connectivity index (χ1n) is 5.02. The molecule has 0 amide bonds. The maximum absolute atomic E-state index is 12.4. The standard InChI is InChI=1S/C11H10F2N2S3/c1-6(16-2)17-10-4-3-9(18-10)7-5-8(11(12)13)15-14-7/h3-4,11H,1,5H2,2H3. The van der Waals surface area contributed by atoms with E-state index in [4.69, 9.17) is 0 Å². The molecule has 0 N–H and O–H groups in total. The third-order valence-electron chi connectivity index (χ3n) is 2.21. The fraction of sp³-hybridized carbons (Fsp3) is 0.273. The van der Waals surface area contributed by atoms with Crippen molar-refractivity contribution >= 4 is 46.3 Å². The van der Waals surface area contributed by atoms with Crippen LogP contribution >= 0.6 is 34.9 Å². The Kier molecular flexibility index (Phi) is 4.58. The van der Waals surface area contributed by atoms with Gasteiger partial charge in [-0.15, -0.1) is 23.1 Å². The van der Waals surface area contributed by atoms with Crippen LogP contribution in [0.15, 0.2) is 37.4 Å². The Bertz CT molecular complexity index is 520. The molecule has 1 aromatic heterocycles. The monoisotopic (exact) mass is 304 g/mol. The molecule has 0 unspecified atom stereocenters. The van der Waals surface area contributed by atoms with E-state index in [1.54, 1.807) is 23.5 Å². The van der Waals surface area contributed by atoms with Gasteiger partial charge in [0, 0.05) is 10.7 Å². The van der Waals surface area contributed by atoms with E-state index in [0.717, 1.165) is 13.3 Å². The normalized spacial score (nSPS) is 14.9. The zero-order valence-corrected chi connectivity index (χ0v) is 12.0. The number of nitrogens with zero attached hydrogens (tertiary/aromatic N) is 2. The molecule has 7 heteroatoms. The molecule has 0 saturated carbocycles. The lowest BCUT2D eigenvalue weighted by Crippen LogP contribution is -2.10. The molecule has 0 saturated heterocycles. The van der Waals surface area contributed by atoms with Gasteiger partial charge in [-0.05, 0) is 18.4 Å². The average molecular weight is 304 g/mol. The SMILES string of the molecule is C=C(SC)Sc1ccc(C2=NN=C(C(F)F)C2)s1. The summed E-state index contributed by atoms with van der Waals surface area (Å²) in [5, 5.41) is 7.33. The van der Waals surface area contributed by atoms with Gasteiger partial charge >= 0.3 is 0 Å². The lowest BCUT2D eigenvalue weighted by atomic mass is 10.2. The molecular weight excluding hydrogens is 294 g/mol. The van der Waals surface area contributed by atoms with Gasteiger partial charge in [0.05, 0.1) is 14.8 Å². The number of thioether (sulfide) groups is 2. The second-order valence-corrected chi connectivity index (χ2v) is 7.05. The summed E-state index contributed by atoms with van der Waals surface area (Å²) in [4.78, 5) is 0.894. The summed E-state index contributed by atoms with van der Waals surface area (Å²) in [6.07, 6.45) is -0.407. The Morgan fingerprint density at radius 2 is 2.22 bits per heavy atom. The topological polar surface area (TPSA) is 24.7 Å². The van der Waals surface area contributed by atoms with Gasteiger partial charge in [0.1, 0.15) is 5.71 Å². The first-order valence-corrected chi connectivity index (χ1v) is 7.88. The predicted molar refractivity (Wildman–Crippen MR) is 77.4 cm³/mol. The van der Waals surface area contributed by atoms with Crippen LogP contribution in [0.5, 0.6) is 0 Å². The van der Waals surface area contributed by atoms with Crippen molar-refractivity contribution in [3.05, 3.63) is 27.8 Å². The van der Waals surface area contributed by atoms with Gasteiger partial charge in [0.2, 0.25) is 0 Å². The third kappa shape index (κ3) is 3.21. The van der Waals surface area contributed by atoms with Crippen molar-refractivity contribution in [2.75, 3.05) is 6.26 Å². The molecule has 2 rings (SSSR count). The first-order chi connectivity index (χ1) is 8.60. The van der Waals surface area contributed by atoms with Crippen LogP contribution in [-0.4, -0.2) is 24.1 Å². The molecule has 1 aromatic rings. The highest BCUT2D eigenvalue weighted by molar-refractivity contribution is 8.22.